The van der Waals surface area contributed by atoms with Crippen LogP contribution >= 0.6 is 0 Å². The molecular formula is C22H22N3NaO6. The molecule has 1 aliphatic rings. The minimum Gasteiger partial charge on any atom is -1.00 e. The van der Waals surface area contributed by atoms with E-state index in [-0.39, 0.29) is 31.0 Å². The average molecular weight is 447 g/mol. The number of benzene rings is 2. The maximum absolute atomic E-state index is 12.5. The van der Waals surface area contributed by atoms with Gasteiger partial charge in [-0.1, -0.05) is 30.3 Å². The summed E-state index contributed by atoms with van der Waals surface area (Å²) >= 11 is 0. The number of carbonyl (C=O) groups is 4. The predicted octanol–water partition coefficient (Wildman–Crippen LogP) is -0.666. The molecule has 9 nitrogen and oxygen atoms in total. The maximum atomic E-state index is 12.5. The molecule has 1 unspecified atom stereocenters. The van der Waals surface area contributed by atoms with E-state index in [1.165, 1.54) is 24.2 Å². The van der Waals surface area contributed by atoms with Crippen molar-refractivity contribution in [2.75, 3.05) is 7.05 Å². The van der Waals surface area contributed by atoms with E-state index in [1.807, 2.05) is 18.2 Å². The Morgan fingerprint density at radius 2 is 1.81 bits per heavy atom. The minimum absolute atomic E-state index is 0. The first-order valence-corrected chi connectivity index (χ1v) is 9.44. The predicted molar refractivity (Wildman–Crippen MR) is 111 cm³/mol. The Labute approximate surface area is 208 Å². The summed E-state index contributed by atoms with van der Waals surface area (Å²) < 4.78 is 5.76. The molecule has 0 bridgehead atoms. The molecule has 32 heavy (non-hydrogen) atoms. The number of ether oxygens (including phenoxy) is 1. The monoisotopic (exact) mass is 447 g/mol. The van der Waals surface area contributed by atoms with Gasteiger partial charge in [-0.2, -0.15) is 0 Å². The standard InChI is InChI=1S/C22H21N3O6.Na.H/c1-25-11-10-18(26)20(21(25)29)24-22(30)23-17(13-19(27)28)14-6-5-9-16(12-14)31-15-7-3-2-4-8-15;;/h2-12,17,20H,13H2,1H3,(H,27,28)(H2,23,24,30);;/q;+1;-1/t17-,20?;;/m0../s1. The van der Waals surface area contributed by atoms with E-state index in [1.54, 1.807) is 36.4 Å². The van der Waals surface area contributed by atoms with Gasteiger partial charge in [0.1, 0.15) is 11.5 Å². The number of carboxylic acids is 1. The van der Waals surface area contributed by atoms with Gasteiger partial charge in [0.25, 0.3) is 5.91 Å². The first-order chi connectivity index (χ1) is 14.8. The summed E-state index contributed by atoms with van der Waals surface area (Å²) in [4.78, 5) is 49.1. The van der Waals surface area contributed by atoms with Crippen LogP contribution in [0.2, 0.25) is 0 Å². The largest absolute Gasteiger partial charge is 1.00 e. The van der Waals surface area contributed by atoms with Crippen LogP contribution in [0.25, 0.3) is 0 Å². The zero-order valence-electron chi connectivity index (χ0n) is 18.6. The van der Waals surface area contributed by atoms with Crippen molar-refractivity contribution in [3.05, 3.63) is 72.4 Å². The van der Waals surface area contributed by atoms with Crippen molar-refractivity contribution < 1.29 is 60.0 Å². The summed E-state index contributed by atoms with van der Waals surface area (Å²) in [6.07, 6.45) is 2.09. The first kappa shape index (κ1) is 25.1. The van der Waals surface area contributed by atoms with Gasteiger partial charge in [0, 0.05) is 19.3 Å². The van der Waals surface area contributed by atoms with Crippen LogP contribution in [0.5, 0.6) is 11.5 Å². The van der Waals surface area contributed by atoms with Crippen LogP contribution in [-0.4, -0.2) is 46.8 Å². The van der Waals surface area contributed by atoms with Gasteiger partial charge in [-0.3, -0.25) is 14.4 Å². The third-order valence-corrected chi connectivity index (χ3v) is 4.54. The van der Waals surface area contributed by atoms with Crippen LogP contribution in [0.3, 0.4) is 0 Å². The number of hydrogen-bond acceptors (Lipinski definition) is 5. The summed E-state index contributed by atoms with van der Waals surface area (Å²) in [6, 6.07) is 12.6. The van der Waals surface area contributed by atoms with Crippen molar-refractivity contribution in [1.82, 2.24) is 15.5 Å². The molecular weight excluding hydrogens is 425 g/mol. The van der Waals surface area contributed by atoms with Crippen molar-refractivity contribution in [3.63, 3.8) is 0 Å². The van der Waals surface area contributed by atoms with Gasteiger partial charge in [0.05, 0.1) is 12.5 Å². The Hall–Kier alpha value is -3.14. The Morgan fingerprint density at radius 1 is 1.12 bits per heavy atom. The van der Waals surface area contributed by atoms with Gasteiger partial charge in [-0.05, 0) is 29.8 Å². The summed E-state index contributed by atoms with van der Waals surface area (Å²) in [5.74, 6) is -1.22. The van der Waals surface area contributed by atoms with Crippen LogP contribution in [0.4, 0.5) is 4.79 Å². The molecule has 0 saturated heterocycles. The van der Waals surface area contributed by atoms with Gasteiger partial charge < -0.3 is 26.8 Å². The molecule has 1 aliphatic heterocycles. The zero-order valence-corrected chi connectivity index (χ0v) is 19.6. The van der Waals surface area contributed by atoms with E-state index in [9.17, 15) is 24.3 Å². The second-order valence-electron chi connectivity index (χ2n) is 6.86. The van der Waals surface area contributed by atoms with Gasteiger partial charge in [-0.25, -0.2) is 4.79 Å². The van der Waals surface area contributed by atoms with Crippen molar-refractivity contribution in [2.45, 2.75) is 18.5 Å². The van der Waals surface area contributed by atoms with Crippen LogP contribution < -0.4 is 44.9 Å². The molecule has 1 heterocycles. The van der Waals surface area contributed by atoms with E-state index in [4.69, 9.17) is 4.74 Å². The van der Waals surface area contributed by atoms with E-state index in [0.717, 1.165) is 0 Å². The summed E-state index contributed by atoms with van der Waals surface area (Å²) in [5.41, 5.74) is 0.490. The van der Waals surface area contributed by atoms with Gasteiger partial charge >= 0.3 is 41.6 Å². The van der Waals surface area contributed by atoms with Crippen LogP contribution in [0.15, 0.2) is 66.9 Å². The second-order valence-corrected chi connectivity index (χ2v) is 6.86. The molecule has 0 aromatic heterocycles. The molecule has 2 aromatic carbocycles. The third-order valence-electron chi connectivity index (χ3n) is 4.54. The van der Waals surface area contributed by atoms with E-state index in [2.05, 4.69) is 10.6 Å². The molecule has 3 rings (SSSR count). The smallest absolute Gasteiger partial charge is 1.00 e. The minimum atomic E-state index is -1.37. The van der Waals surface area contributed by atoms with E-state index >= 15 is 0 Å². The summed E-state index contributed by atoms with van der Waals surface area (Å²) in [7, 11) is 1.46. The number of hydrogen-bond donors (Lipinski definition) is 3. The van der Waals surface area contributed by atoms with Crippen molar-refractivity contribution >= 4 is 23.7 Å². The number of carbonyl (C=O) groups excluding carboxylic acids is 3. The fraction of sp³-hybridized carbons (Fsp3) is 0.182. The van der Waals surface area contributed by atoms with Crippen LogP contribution in [0.1, 0.15) is 19.5 Å². The Bertz CT molecular complexity index is 1030. The Morgan fingerprint density at radius 3 is 2.50 bits per heavy atom. The zero-order chi connectivity index (χ0) is 22.4. The number of carboxylic acid groups (broad SMARTS) is 1. The molecule has 3 amide bonds. The number of urea groups is 1. The number of likely N-dealkylation sites (N-methyl/N-ethyl adjacent to an activating group) is 1. The van der Waals surface area contributed by atoms with E-state index in [0.29, 0.717) is 17.1 Å². The van der Waals surface area contributed by atoms with Crippen molar-refractivity contribution in [2.24, 2.45) is 0 Å². The molecule has 0 spiro atoms. The molecule has 0 fully saturated rings. The topological polar surface area (TPSA) is 125 Å². The SMILES string of the molecule is CN1C=CC(=O)C(NC(=O)N[C@@H](CC(=O)O)c2cccc(Oc3ccccc3)c2)C1=O.[H-].[Na+]. The Balaban J connectivity index is 0.00000272. The average Bonchev–Trinajstić information content (AvgIpc) is 2.74. The van der Waals surface area contributed by atoms with Crippen molar-refractivity contribution in [3.8, 4) is 11.5 Å². The number of aliphatic carboxylic acids is 1. The summed E-state index contributed by atoms with van der Waals surface area (Å²) in [6.45, 7) is 0. The molecule has 10 heteroatoms. The van der Waals surface area contributed by atoms with Crippen molar-refractivity contribution in [1.29, 1.82) is 0 Å². The van der Waals surface area contributed by atoms with Gasteiger partial charge in [0.2, 0.25) is 0 Å². The van der Waals surface area contributed by atoms with Gasteiger partial charge in [0.15, 0.2) is 11.8 Å². The number of nitrogens with zero attached hydrogens (tertiary/aromatic N) is 1. The Kier molecular flexibility index (Phi) is 9.01. The molecule has 0 aliphatic carbocycles. The molecule has 0 saturated carbocycles. The molecule has 2 atom stereocenters. The quantitative estimate of drug-likeness (QED) is 0.382. The molecule has 2 aromatic rings. The maximum Gasteiger partial charge on any atom is 1.00 e. The summed E-state index contributed by atoms with van der Waals surface area (Å²) in [5, 5.41) is 14.1. The van der Waals surface area contributed by atoms with Gasteiger partial charge in [-0.15, -0.1) is 0 Å². The normalized spacial score (nSPS) is 16.0. The van der Waals surface area contributed by atoms with E-state index < -0.39 is 42.2 Å². The molecule has 3 N–H and O–H groups in total. The fourth-order valence-electron chi connectivity index (χ4n) is 2.99. The number of amides is 3. The first-order valence-electron chi connectivity index (χ1n) is 9.44. The fourth-order valence-corrected chi connectivity index (χ4v) is 2.99. The number of ketones is 1. The number of rotatable bonds is 7. The van der Waals surface area contributed by atoms with Crippen LogP contribution in [0, 0.1) is 0 Å². The molecule has 162 valence electrons. The van der Waals surface area contributed by atoms with Crippen LogP contribution in [-0.2, 0) is 14.4 Å². The third kappa shape index (κ3) is 6.68. The number of para-hydroxylation sites is 1. The molecule has 0 radical (unpaired) electrons. The number of nitrogens with one attached hydrogen (secondary N) is 2. The second kappa shape index (κ2) is 11.5.